The van der Waals surface area contributed by atoms with Crippen LogP contribution in [0.1, 0.15) is 19.4 Å². The fraction of sp³-hybridized carbons (Fsp3) is 0.500. The maximum absolute atomic E-state index is 5.12. The molecule has 0 N–H and O–H groups in total. The second kappa shape index (κ2) is 3.30. The molecule has 0 atom stereocenters. The van der Waals surface area contributed by atoms with E-state index in [1.165, 1.54) is 5.56 Å². The molecule has 0 fully saturated rings. The van der Waals surface area contributed by atoms with Gasteiger partial charge in [0.15, 0.2) is 0 Å². The highest BCUT2D eigenvalue weighted by molar-refractivity contribution is 5.16. The Morgan fingerprint density at radius 1 is 1.50 bits per heavy atom. The molecule has 0 unspecified atom stereocenters. The Kier molecular flexibility index (Phi) is 2.37. The van der Waals surface area contributed by atoms with E-state index in [-0.39, 0.29) is 0 Å². The summed E-state index contributed by atoms with van der Waals surface area (Å²) in [5, 5.41) is 0. The third kappa shape index (κ3) is 1.53. The smallest absolute Gasteiger partial charge is 0.284 e. The molecule has 56 valence electrons. The summed E-state index contributed by atoms with van der Waals surface area (Å²) < 4.78 is 10.2. The van der Waals surface area contributed by atoms with Gasteiger partial charge in [0.2, 0.25) is 0 Å². The average Bonchev–Trinajstić information content (AvgIpc) is 2.37. The van der Waals surface area contributed by atoms with Crippen molar-refractivity contribution in [3.63, 3.8) is 0 Å². The number of hydrogen-bond donors (Lipinski definition) is 0. The number of furan rings is 1. The van der Waals surface area contributed by atoms with Crippen LogP contribution in [0.2, 0.25) is 0 Å². The highest BCUT2D eigenvalue weighted by Crippen LogP contribution is 2.15. The van der Waals surface area contributed by atoms with Crippen LogP contribution in [0.4, 0.5) is 0 Å². The SMILES string of the molecule is CCOc1cc(CC)co1. The van der Waals surface area contributed by atoms with Gasteiger partial charge in [-0.2, -0.15) is 0 Å². The first-order chi connectivity index (χ1) is 4.86. The normalized spacial score (nSPS) is 9.80. The summed E-state index contributed by atoms with van der Waals surface area (Å²) in [5.74, 6) is 0.624. The van der Waals surface area contributed by atoms with E-state index in [9.17, 15) is 0 Å². The predicted molar refractivity (Wildman–Crippen MR) is 39.3 cm³/mol. The van der Waals surface area contributed by atoms with E-state index in [0.29, 0.717) is 12.6 Å². The van der Waals surface area contributed by atoms with Crippen LogP contribution < -0.4 is 4.74 Å². The van der Waals surface area contributed by atoms with Gasteiger partial charge in [-0.25, -0.2) is 0 Å². The van der Waals surface area contributed by atoms with Crippen molar-refractivity contribution < 1.29 is 9.15 Å². The average molecular weight is 140 g/mol. The molecule has 0 spiro atoms. The van der Waals surface area contributed by atoms with Crippen molar-refractivity contribution in [1.29, 1.82) is 0 Å². The Labute approximate surface area is 60.8 Å². The van der Waals surface area contributed by atoms with Crippen LogP contribution in [0.15, 0.2) is 16.7 Å². The van der Waals surface area contributed by atoms with Crippen LogP contribution in [-0.2, 0) is 6.42 Å². The van der Waals surface area contributed by atoms with Crippen LogP contribution in [0.3, 0.4) is 0 Å². The Hall–Kier alpha value is -0.920. The second-order valence-corrected chi connectivity index (χ2v) is 2.06. The summed E-state index contributed by atoms with van der Waals surface area (Å²) in [6.07, 6.45) is 2.72. The summed E-state index contributed by atoms with van der Waals surface area (Å²) >= 11 is 0. The molecule has 0 saturated heterocycles. The molecule has 1 aromatic rings. The number of rotatable bonds is 3. The fourth-order valence-corrected chi connectivity index (χ4v) is 0.757. The Bertz CT molecular complexity index is 191. The minimum Gasteiger partial charge on any atom is -0.465 e. The van der Waals surface area contributed by atoms with E-state index in [1.54, 1.807) is 6.26 Å². The zero-order valence-corrected chi connectivity index (χ0v) is 6.39. The molecule has 0 aromatic carbocycles. The summed E-state index contributed by atoms with van der Waals surface area (Å²) in [5.41, 5.74) is 1.18. The van der Waals surface area contributed by atoms with Gasteiger partial charge in [0, 0.05) is 6.07 Å². The molecule has 0 radical (unpaired) electrons. The molecule has 0 saturated carbocycles. The minimum atomic E-state index is 0.624. The van der Waals surface area contributed by atoms with Crippen LogP contribution in [0, 0.1) is 0 Å². The number of aryl methyl sites for hydroxylation is 1. The van der Waals surface area contributed by atoms with Gasteiger partial charge in [0.25, 0.3) is 5.95 Å². The van der Waals surface area contributed by atoms with Crippen molar-refractivity contribution >= 4 is 0 Å². The number of hydrogen-bond acceptors (Lipinski definition) is 2. The van der Waals surface area contributed by atoms with E-state index in [1.807, 2.05) is 13.0 Å². The maximum atomic E-state index is 5.12. The molecular formula is C8H12O2. The van der Waals surface area contributed by atoms with E-state index in [0.717, 1.165) is 6.42 Å². The third-order valence-corrected chi connectivity index (χ3v) is 1.32. The first-order valence-electron chi connectivity index (χ1n) is 3.57. The zero-order valence-electron chi connectivity index (χ0n) is 6.39. The monoisotopic (exact) mass is 140 g/mol. The van der Waals surface area contributed by atoms with Crippen molar-refractivity contribution in [1.82, 2.24) is 0 Å². The third-order valence-electron chi connectivity index (χ3n) is 1.32. The van der Waals surface area contributed by atoms with Gasteiger partial charge in [-0.1, -0.05) is 6.92 Å². The summed E-state index contributed by atoms with van der Waals surface area (Å²) in [6.45, 7) is 4.69. The molecule has 0 aliphatic rings. The van der Waals surface area contributed by atoms with Crippen molar-refractivity contribution in [3.8, 4) is 5.95 Å². The fourth-order valence-electron chi connectivity index (χ4n) is 0.757. The van der Waals surface area contributed by atoms with E-state index in [4.69, 9.17) is 9.15 Å². The zero-order chi connectivity index (χ0) is 7.40. The Morgan fingerprint density at radius 3 is 2.80 bits per heavy atom. The van der Waals surface area contributed by atoms with Gasteiger partial charge in [-0.15, -0.1) is 0 Å². The Balaban J connectivity index is 2.59. The molecule has 0 amide bonds. The highest BCUT2D eigenvalue weighted by Gasteiger charge is 1.97. The van der Waals surface area contributed by atoms with Crippen LogP contribution in [0.5, 0.6) is 5.95 Å². The topological polar surface area (TPSA) is 22.4 Å². The van der Waals surface area contributed by atoms with Crippen molar-refractivity contribution in [2.24, 2.45) is 0 Å². The maximum Gasteiger partial charge on any atom is 0.284 e. The molecule has 0 bridgehead atoms. The Morgan fingerprint density at radius 2 is 2.30 bits per heavy atom. The summed E-state index contributed by atoms with van der Waals surface area (Å²) in [4.78, 5) is 0. The predicted octanol–water partition coefficient (Wildman–Crippen LogP) is 2.24. The molecule has 0 aliphatic carbocycles. The largest absolute Gasteiger partial charge is 0.465 e. The molecule has 0 aliphatic heterocycles. The van der Waals surface area contributed by atoms with Crippen molar-refractivity contribution in [2.75, 3.05) is 6.61 Å². The number of ether oxygens (including phenoxy) is 1. The van der Waals surface area contributed by atoms with Crippen LogP contribution in [0.25, 0.3) is 0 Å². The molecule has 10 heavy (non-hydrogen) atoms. The molecule has 2 heteroatoms. The summed E-state index contributed by atoms with van der Waals surface area (Å²) in [7, 11) is 0. The van der Waals surface area contributed by atoms with Crippen LogP contribution >= 0.6 is 0 Å². The second-order valence-electron chi connectivity index (χ2n) is 2.06. The van der Waals surface area contributed by atoms with E-state index in [2.05, 4.69) is 6.92 Å². The lowest BCUT2D eigenvalue weighted by atomic mass is 10.3. The van der Waals surface area contributed by atoms with Gasteiger partial charge >= 0.3 is 0 Å². The van der Waals surface area contributed by atoms with E-state index >= 15 is 0 Å². The van der Waals surface area contributed by atoms with Gasteiger partial charge in [-0.05, 0) is 18.9 Å². The lowest BCUT2D eigenvalue weighted by molar-refractivity contribution is 0.257. The van der Waals surface area contributed by atoms with Gasteiger partial charge < -0.3 is 9.15 Å². The molecule has 1 heterocycles. The molecular weight excluding hydrogens is 128 g/mol. The standard InChI is InChI=1S/C8H12O2/c1-3-7-5-8(9-4-2)10-6-7/h5-6H,3-4H2,1-2H3. The highest BCUT2D eigenvalue weighted by atomic mass is 16.6. The minimum absolute atomic E-state index is 0.624. The first-order valence-corrected chi connectivity index (χ1v) is 3.57. The van der Waals surface area contributed by atoms with Gasteiger partial charge in [-0.3, -0.25) is 0 Å². The summed E-state index contributed by atoms with van der Waals surface area (Å²) in [6, 6.07) is 1.92. The van der Waals surface area contributed by atoms with Gasteiger partial charge in [0.1, 0.15) is 0 Å². The van der Waals surface area contributed by atoms with Crippen molar-refractivity contribution in [2.45, 2.75) is 20.3 Å². The lowest BCUT2D eigenvalue weighted by Crippen LogP contribution is -1.88. The van der Waals surface area contributed by atoms with Gasteiger partial charge in [0.05, 0.1) is 12.9 Å². The lowest BCUT2D eigenvalue weighted by Gasteiger charge is -1.93. The molecule has 1 rings (SSSR count). The quantitative estimate of drug-likeness (QED) is 0.642. The van der Waals surface area contributed by atoms with Crippen LogP contribution in [-0.4, -0.2) is 6.61 Å². The van der Waals surface area contributed by atoms with E-state index < -0.39 is 0 Å². The molecule has 2 nitrogen and oxygen atoms in total. The van der Waals surface area contributed by atoms with Crippen molar-refractivity contribution in [3.05, 3.63) is 17.9 Å². The molecule has 1 aromatic heterocycles. The first kappa shape index (κ1) is 7.19.